The van der Waals surface area contributed by atoms with Gasteiger partial charge in [0, 0.05) is 15.3 Å². The topological polar surface area (TPSA) is 29.1 Å². The van der Waals surface area contributed by atoms with E-state index < -0.39 is 0 Å². The van der Waals surface area contributed by atoms with Crippen molar-refractivity contribution < 1.29 is 4.79 Å². The third kappa shape index (κ3) is 3.21. The van der Waals surface area contributed by atoms with E-state index in [1.807, 2.05) is 29.6 Å². The Bertz CT molecular complexity index is 662. The quantitative estimate of drug-likeness (QED) is 0.822. The number of halogens is 1. The highest BCUT2D eigenvalue weighted by atomic mass is 35.5. The molecular weight excluding hydrogens is 314 g/mol. The summed E-state index contributed by atoms with van der Waals surface area (Å²) in [6, 6.07) is 7.75. The number of amides is 1. The minimum Gasteiger partial charge on any atom is -0.345 e. The van der Waals surface area contributed by atoms with E-state index in [4.69, 9.17) is 11.6 Å². The summed E-state index contributed by atoms with van der Waals surface area (Å²) < 4.78 is 0. The van der Waals surface area contributed by atoms with Crippen molar-refractivity contribution in [2.24, 2.45) is 0 Å². The Balaban J connectivity index is 1.77. The van der Waals surface area contributed by atoms with E-state index in [0.29, 0.717) is 0 Å². The molecule has 0 saturated heterocycles. The highest BCUT2D eigenvalue weighted by Crippen LogP contribution is 2.30. The molecule has 4 heteroatoms. The molecule has 1 aliphatic rings. The number of hydrogen-bond acceptors (Lipinski definition) is 2. The molecule has 1 aromatic heterocycles. The van der Waals surface area contributed by atoms with E-state index in [1.165, 1.54) is 23.3 Å². The van der Waals surface area contributed by atoms with Gasteiger partial charge in [-0.05, 0) is 55.4 Å². The number of thiophene rings is 1. The van der Waals surface area contributed by atoms with Gasteiger partial charge in [-0.2, -0.15) is 0 Å². The largest absolute Gasteiger partial charge is 0.345 e. The van der Waals surface area contributed by atoms with Crippen LogP contribution in [0.5, 0.6) is 0 Å². The molecule has 1 aliphatic carbocycles. The summed E-state index contributed by atoms with van der Waals surface area (Å²) in [5, 5.41) is 5.93. The van der Waals surface area contributed by atoms with E-state index >= 15 is 0 Å². The fourth-order valence-corrected chi connectivity index (χ4v) is 4.29. The van der Waals surface area contributed by atoms with Crippen LogP contribution in [0.3, 0.4) is 0 Å². The third-order valence-electron chi connectivity index (χ3n) is 4.29. The van der Waals surface area contributed by atoms with Gasteiger partial charge in [-0.15, -0.1) is 11.3 Å². The zero-order valence-corrected chi connectivity index (χ0v) is 14.3. The fourth-order valence-electron chi connectivity index (χ4n) is 3.04. The summed E-state index contributed by atoms with van der Waals surface area (Å²) >= 11 is 7.67. The molecule has 0 radical (unpaired) electrons. The van der Waals surface area contributed by atoms with Crippen molar-refractivity contribution in [2.45, 2.75) is 45.1 Å². The molecule has 22 heavy (non-hydrogen) atoms. The summed E-state index contributed by atoms with van der Waals surface area (Å²) in [7, 11) is 0. The van der Waals surface area contributed by atoms with Crippen LogP contribution in [-0.4, -0.2) is 5.91 Å². The Morgan fingerprint density at radius 1 is 1.27 bits per heavy atom. The molecule has 3 rings (SSSR count). The first-order valence-corrected chi connectivity index (χ1v) is 9.10. The first kappa shape index (κ1) is 15.6. The SMILES string of the molecule is CCC(NC(=O)c1csc2c1CCCC2)c1ccc(Cl)cc1. The maximum atomic E-state index is 12.7. The number of fused-ring (bicyclic) bond motifs is 1. The molecule has 1 heterocycles. The Morgan fingerprint density at radius 2 is 2.00 bits per heavy atom. The lowest BCUT2D eigenvalue weighted by molar-refractivity contribution is 0.0935. The second-order valence-electron chi connectivity index (χ2n) is 5.74. The number of rotatable bonds is 4. The first-order chi connectivity index (χ1) is 10.7. The summed E-state index contributed by atoms with van der Waals surface area (Å²) in [5.74, 6) is 0.0567. The molecule has 1 N–H and O–H groups in total. The molecule has 1 unspecified atom stereocenters. The maximum Gasteiger partial charge on any atom is 0.252 e. The van der Waals surface area contributed by atoms with Crippen molar-refractivity contribution in [3.63, 3.8) is 0 Å². The van der Waals surface area contributed by atoms with Gasteiger partial charge in [-0.25, -0.2) is 0 Å². The molecule has 1 atom stereocenters. The number of benzene rings is 1. The molecule has 0 saturated carbocycles. The smallest absolute Gasteiger partial charge is 0.252 e. The van der Waals surface area contributed by atoms with Crippen molar-refractivity contribution in [2.75, 3.05) is 0 Å². The van der Waals surface area contributed by atoms with Crippen LogP contribution in [0.25, 0.3) is 0 Å². The van der Waals surface area contributed by atoms with Gasteiger partial charge in [-0.3, -0.25) is 4.79 Å². The molecule has 116 valence electrons. The summed E-state index contributed by atoms with van der Waals surface area (Å²) in [6.07, 6.45) is 5.47. The van der Waals surface area contributed by atoms with Crippen LogP contribution in [0.1, 0.15) is 58.6 Å². The molecule has 1 aromatic carbocycles. The molecule has 0 spiro atoms. The van der Waals surface area contributed by atoms with Crippen LogP contribution >= 0.6 is 22.9 Å². The van der Waals surface area contributed by atoms with Gasteiger partial charge in [0.1, 0.15) is 0 Å². The zero-order chi connectivity index (χ0) is 15.5. The molecule has 0 fully saturated rings. The third-order valence-corrected chi connectivity index (χ3v) is 5.63. The average Bonchev–Trinajstić information content (AvgIpc) is 2.97. The van der Waals surface area contributed by atoms with Gasteiger partial charge in [0.15, 0.2) is 0 Å². The van der Waals surface area contributed by atoms with Gasteiger partial charge in [0.05, 0.1) is 11.6 Å². The minimum atomic E-state index is 0.0314. The Kier molecular flexibility index (Phi) is 4.84. The van der Waals surface area contributed by atoms with Gasteiger partial charge in [0.25, 0.3) is 5.91 Å². The molecular formula is C18H20ClNOS. The van der Waals surface area contributed by atoms with Gasteiger partial charge < -0.3 is 5.32 Å². The fraction of sp³-hybridized carbons (Fsp3) is 0.389. The van der Waals surface area contributed by atoms with E-state index in [9.17, 15) is 4.79 Å². The van der Waals surface area contributed by atoms with Crippen LogP contribution in [-0.2, 0) is 12.8 Å². The van der Waals surface area contributed by atoms with Crippen molar-refractivity contribution in [1.29, 1.82) is 0 Å². The van der Waals surface area contributed by atoms with Crippen LogP contribution in [0.15, 0.2) is 29.6 Å². The van der Waals surface area contributed by atoms with E-state index in [-0.39, 0.29) is 11.9 Å². The first-order valence-electron chi connectivity index (χ1n) is 7.84. The molecule has 1 amide bonds. The van der Waals surface area contributed by atoms with E-state index in [0.717, 1.165) is 35.4 Å². The second-order valence-corrected chi connectivity index (χ2v) is 7.14. The normalized spacial score (nSPS) is 15.2. The Morgan fingerprint density at radius 3 is 2.73 bits per heavy atom. The lowest BCUT2D eigenvalue weighted by Crippen LogP contribution is -2.28. The maximum absolute atomic E-state index is 12.7. The van der Waals surface area contributed by atoms with Crippen molar-refractivity contribution in [3.05, 3.63) is 56.2 Å². The van der Waals surface area contributed by atoms with Crippen LogP contribution < -0.4 is 5.32 Å². The standard InChI is InChI=1S/C18H20ClNOS/c1-2-16(12-7-9-13(19)10-8-12)20-18(21)15-11-22-17-6-4-3-5-14(15)17/h7-11,16H,2-6H2,1H3,(H,20,21). The van der Waals surface area contributed by atoms with Crippen LogP contribution in [0, 0.1) is 0 Å². The van der Waals surface area contributed by atoms with Crippen molar-refractivity contribution >= 4 is 28.8 Å². The van der Waals surface area contributed by atoms with Crippen molar-refractivity contribution in [3.8, 4) is 0 Å². The predicted molar refractivity (Wildman–Crippen MR) is 92.9 cm³/mol. The highest BCUT2D eigenvalue weighted by molar-refractivity contribution is 7.10. The van der Waals surface area contributed by atoms with Crippen LogP contribution in [0.2, 0.25) is 5.02 Å². The van der Waals surface area contributed by atoms with E-state index in [2.05, 4.69) is 12.2 Å². The predicted octanol–water partition coefficient (Wildman–Crippen LogP) is 5.16. The number of carbonyl (C=O) groups excluding carboxylic acids is 1. The van der Waals surface area contributed by atoms with Gasteiger partial charge in [-0.1, -0.05) is 30.7 Å². The monoisotopic (exact) mass is 333 g/mol. The highest BCUT2D eigenvalue weighted by Gasteiger charge is 2.22. The number of hydrogen-bond donors (Lipinski definition) is 1. The summed E-state index contributed by atoms with van der Waals surface area (Å²) in [6.45, 7) is 2.09. The lowest BCUT2D eigenvalue weighted by atomic mass is 9.95. The number of carbonyl (C=O) groups is 1. The van der Waals surface area contributed by atoms with Gasteiger partial charge >= 0.3 is 0 Å². The van der Waals surface area contributed by atoms with Gasteiger partial charge in [0.2, 0.25) is 0 Å². The lowest BCUT2D eigenvalue weighted by Gasteiger charge is -2.19. The Labute approximate surface area is 140 Å². The molecule has 0 bridgehead atoms. The second kappa shape index (κ2) is 6.84. The summed E-state index contributed by atoms with van der Waals surface area (Å²) in [4.78, 5) is 14.1. The molecule has 0 aliphatic heterocycles. The van der Waals surface area contributed by atoms with Crippen LogP contribution in [0.4, 0.5) is 0 Å². The van der Waals surface area contributed by atoms with E-state index in [1.54, 1.807) is 11.3 Å². The number of aryl methyl sites for hydroxylation is 1. The molecule has 2 nitrogen and oxygen atoms in total. The Hall–Kier alpha value is -1.32. The number of nitrogens with one attached hydrogen (secondary N) is 1. The molecule has 2 aromatic rings. The minimum absolute atomic E-state index is 0.0314. The average molecular weight is 334 g/mol. The van der Waals surface area contributed by atoms with Crippen molar-refractivity contribution in [1.82, 2.24) is 5.32 Å². The summed E-state index contributed by atoms with van der Waals surface area (Å²) in [5.41, 5.74) is 3.26. The zero-order valence-electron chi connectivity index (χ0n) is 12.7.